The lowest BCUT2D eigenvalue weighted by atomic mass is 9.49. The fraction of sp³-hybridized carbons (Fsp3) is 0.636. The first-order chi connectivity index (χ1) is 13.3. The zero-order valence-corrected chi connectivity index (χ0v) is 17.0. The van der Waals surface area contributed by atoms with Crippen molar-refractivity contribution in [3.05, 3.63) is 35.4 Å². The summed E-state index contributed by atoms with van der Waals surface area (Å²) in [5.74, 6) is 1.59. The fourth-order valence-electron chi connectivity index (χ4n) is 6.29. The zero-order chi connectivity index (χ0) is 19.8. The average molecular weight is 401 g/mol. The smallest absolute Gasteiger partial charge is 0.235 e. The summed E-state index contributed by atoms with van der Waals surface area (Å²) in [6, 6.07) is 8.45. The average Bonchev–Trinajstić information content (AvgIpc) is 2.60. The number of nitrogens with zero attached hydrogens (tertiary/aromatic N) is 1. The summed E-state index contributed by atoms with van der Waals surface area (Å²) < 4.78 is 24.6. The molecule has 4 saturated carbocycles. The van der Waals surface area contributed by atoms with Gasteiger partial charge in [-0.25, -0.2) is 8.42 Å². The van der Waals surface area contributed by atoms with E-state index in [2.05, 4.69) is 5.32 Å². The van der Waals surface area contributed by atoms with Crippen LogP contribution in [0.1, 0.15) is 56.1 Å². The van der Waals surface area contributed by atoms with Gasteiger partial charge >= 0.3 is 0 Å². The van der Waals surface area contributed by atoms with Gasteiger partial charge in [0, 0.05) is 6.54 Å². The van der Waals surface area contributed by atoms with Gasteiger partial charge in [0.15, 0.2) is 9.84 Å². The Balaban J connectivity index is 1.25. The first-order valence-corrected chi connectivity index (χ1v) is 12.1. The molecule has 0 atom stereocenters. The molecule has 1 aromatic rings. The van der Waals surface area contributed by atoms with E-state index in [0.717, 1.165) is 24.2 Å². The third-order valence-corrected chi connectivity index (χ3v) is 8.44. The van der Waals surface area contributed by atoms with E-state index in [0.29, 0.717) is 23.1 Å². The molecule has 0 heterocycles. The molecule has 0 spiro atoms. The van der Waals surface area contributed by atoms with Gasteiger partial charge in [0.2, 0.25) is 5.91 Å². The first-order valence-electron chi connectivity index (χ1n) is 10.3. The van der Waals surface area contributed by atoms with Crippen molar-refractivity contribution >= 4 is 15.7 Å². The van der Waals surface area contributed by atoms with Crippen molar-refractivity contribution in [2.45, 2.75) is 50.7 Å². The van der Waals surface area contributed by atoms with E-state index in [-0.39, 0.29) is 5.75 Å². The number of carbonyl (C=O) groups excluding carboxylic acids is 1. The molecule has 0 saturated heterocycles. The lowest BCUT2D eigenvalue weighted by Gasteiger charge is -2.57. The Labute approximate surface area is 167 Å². The summed E-state index contributed by atoms with van der Waals surface area (Å²) in [6.45, 7) is 0.581. The largest absolute Gasteiger partial charge is 0.355 e. The minimum atomic E-state index is -3.52. The Morgan fingerprint density at radius 1 is 1.07 bits per heavy atom. The van der Waals surface area contributed by atoms with Gasteiger partial charge in [0.05, 0.1) is 17.4 Å². The second-order valence-corrected chi connectivity index (χ2v) is 11.4. The Morgan fingerprint density at radius 3 is 2.18 bits per heavy atom. The molecule has 5 nitrogen and oxygen atoms in total. The monoisotopic (exact) mass is 400 g/mol. The van der Waals surface area contributed by atoms with E-state index >= 15 is 0 Å². The number of nitriles is 1. The van der Waals surface area contributed by atoms with Crippen molar-refractivity contribution in [1.29, 1.82) is 5.26 Å². The van der Waals surface area contributed by atoms with Crippen molar-refractivity contribution in [2.24, 2.45) is 23.2 Å². The maximum atomic E-state index is 12.3. The fourth-order valence-corrected chi connectivity index (χ4v) is 7.60. The Bertz CT molecular complexity index is 848. The Kier molecular flexibility index (Phi) is 5.22. The molecule has 4 bridgehead atoms. The molecule has 5 rings (SSSR count). The van der Waals surface area contributed by atoms with Gasteiger partial charge in [-0.1, -0.05) is 12.1 Å². The predicted octanol–water partition coefficient (Wildman–Crippen LogP) is 3.20. The highest BCUT2D eigenvalue weighted by Gasteiger charge is 2.50. The molecular formula is C22H28N2O3S. The quantitative estimate of drug-likeness (QED) is 0.761. The van der Waals surface area contributed by atoms with Gasteiger partial charge in [-0.3, -0.25) is 4.79 Å². The van der Waals surface area contributed by atoms with Crippen LogP contribution < -0.4 is 5.32 Å². The van der Waals surface area contributed by atoms with Crippen LogP contribution in [0.25, 0.3) is 0 Å². The number of amides is 1. The van der Waals surface area contributed by atoms with Gasteiger partial charge in [0.1, 0.15) is 5.75 Å². The Morgan fingerprint density at radius 2 is 1.64 bits per heavy atom. The lowest BCUT2D eigenvalue weighted by Crippen LogP contribution is -2.47. The second-order valence-electron chi connectivity index (χ2n) is 9.36. The standard InChI is InChI=1S/C22H28N2O3S/c23-13-16-1-3-17(4-2-16)14-28(26,27)15-21(25)24-6-5-22-10-18-7-19(11-22)9-20(8-18)12-22/h1-4,18-20H,5-12,14-15H2,(H,24,25). The molecular weight excluding hydrogens is 372 g/mol. The summed E-state index contributed by atoms with van der Waals surface area (Å²) in [6.07, 6.45) is 9.08. The van der Waals surface area contributed by atoms with Crippen molar-refractivity contribution in [3.63, 3.8) is 0 Å². The number of nitrogens with one attached hydrogen (secondary N) is 1. The van der Waals surface area contributed by atoms with Crippen molar-refractivity contribution < 1.29 is 13.2 Å². The maximum Gasteiger partial charge on any atom is 0.235 e. The minimum absolute atomic E-state index is 0.179. The van der Waals surface area contributed by atoms with Crippen LogP contribution in [0.3, 0.4) is 0 Å². The van der Waals surface area contributed by atoms with Gasteiger partial charge in [-0.05, 0) is 85.8 Å². The summed E-state index contributed by atoms with van der Waals surface area (Å²) in [5, 5.41) is 11.7. The van der Waals surface area contributed by atoms with Gasteiger partial charge in [-0.15, -0.1) is 0 Å². The van der Waals surface area contributed by atoms with E-state index in [1.54, 1.807) is 24.3 Å². The van der Waals surface area contributed by atoms with Crippen LogP contribution in [-0.4, -0.2) is 26.6 Å². The molecule has 4 aliphatic carbocycles. The predicted molar refractivity (Wildman–Crippen MR) is 107 cm³/mol. The molecule has 150 valence electrons. The van der Waals surface area contributed by atoms with E-state index in [9.17, 15) is 13.2 Å². The maximum absolute atomic E-state index is 12.3. The number of hydrogen-bond acceptors (Lipinski definition) is 4. The molecule has 4 aliphatic rings. The minimum Gasteiger partial charge on any atom is -0.355 e. The highest BCUT2D eigenvalue weighted by Crippen LogP contribution is 2.61. The number of rotatable bonds is 7. The molecule has 28 heavy (non-hydrogen) atoms. The molecule has 1 amide bonds. The molecule has 0 aromatic heterocycles. The highest BCUT2D eigenvalue weighted by atomic mass is 32.2. The van der Waals surface area contributed by atoms with E-state index in [4.69, 9.17) is 5.26 Å². The summed E-state index contributed by atoms with van der Waals surface area (Å²) in [7, 11) is -3.52. The van der Waals surface area contributed by atoms with Gasteiger partial charge in [0.25, 0.3) is 0 Å². The van der Waals surface area contributed by atoms with Gasteiger partial charge < -0.3 is 5.32 Å². The van der Waals surface area contributed by atoms with Crippen LogP contribution in [0, 0.1) is 34.5 Å². The lowest BCUT2D eigenvalue weighted by molar-refractivity contribution is -0.119. The third kappa shape index (κ3) is 4.41. The summed E-state index contributed by atoms with van der Waals surface area (Å²) in [4.78, 5) is 12.2. The van der Waals surface area contributed by atoms with E-state index in [1.165, 1.54) is 38.5 Å². The third-order valence-electron chi connectivity index (χ3n) is 6.96. The van der Waals surface area contributed by atoms with Gasteiger partial charge in [-0.2, -0.15) is 5.26 Å². The normalized spacial score (nSPS) is 30.8. The van der Waals surface area contributed by atoms with Crippen molar-refractivity contribution in [2.75, 3.05) is 12.3 Å². The van der Waals surface area contributed by atoms with Crippen molar-refractivity contribution in [1.82, 2.24) is 5.32 Å². The number of sulfone groups is 1. The first kappa shape index (κ1) is 19.4. The molecule has 1 aromatic carbocycles. The molecule has 1 N–H and O–H groups in total. The highest BCUT2D eigenvalue weighted by molar-refractivity contribution is 7.91. The summed E-state index contributed by atoms with van der Waals surface area (Å²) in [5.41, 5.74) is 1.48. The SMILES string of the molecule is N#Cc1ccc(CS(=O)(=O)CC(=O)NCCC23CC4CC(CC(C4)C2)C3)cc1. The Hall–Kier alpha value is -1.87. The number of benzene rings is 1. The van der Waals surface area contributed by atoms with Crippen LogP contribution in [0.2, 0.25) is 0 Å². The molecule has 0 aliphatic heterocycles. The van der Waals surface area contributed by atoms with Crippen LogP contribution >= 0.6 is 0 Å². The molecule has 0 unspecified atom stereocenters. The number of hydrogen-bond donors (Lipinski definition) is 1. The molecule has 6 heteroatoms. The molecule has 4 fully saturated rings. The molecule has 0 radical (unpaired) electrons. The van der Waals surface area contributed by atoms with Crippen LogP contribution in [-0.2, 0) is 20.4 Å². The van der Waals surface area contributed by atoms with Crippen LogP contribution in [0.15, 0.2) is 24.3 Å². The van der Waals surface area contributed by atoms with Crippen LogP contribution in [0.5, 0.6) is 0 Å². The van der Waals surface area contributed by atoms with E-state index in [1.807, 2.05) is 6.07 Å². The second kappa shape index (κ2) is 7.51. The van der Waals surface area contributed by atoms with Crippen molar-refractivity contribution in [3.8, 4) is 6.07 Å². The topological polar surface area (TPSA) is 87.0 Å². The zero-order valence-electron chi connectivity index (χ0n) is 16.2. The van der Waals surface area contributed by atoms with Crippen LogP contribution in [0.4, 0.5) is 0 Å². The van der Waals surface area contributed by atoms with E-state index < -0.39 is 21.5 Å². The summed E-state index contributed by atoms with van der Waals surface area (Å²) >= 11 is 0. The number of carbonyl (C=O) groups is 1.